The molecule has 0 saturated heterocycles. The van der Waals surface area contributed by atoms with Crippen molar-refractivity contribution in [3.8, 4) is 11.5 Å². The van der Waals surface area contributed by atoms with Crippen molar-refractivity contribution in [1.29, 1.82) is 0 Å². The second-order valence-corrected chi connectivity index (χ2v) is 7.67. The maximum Gasteiger partial charge on any atom is 0.355 e. The molecule has 0 spiro atoms. The Bertz CT molecular complexity index is 1220. The average molecular weight is 500 g/mol. The summed E-state index contributed by atoms with van der Waals surface area (Å²) >= 11 is 3.35. The largest absolute Gasteiger partial charge is 0.504 e. The first kappa shape index (κ1) is 21.5. The Hall–Kier alpha value is -3.73. The number of Topliss-reactive ketones (excluding diaryl/α,β-unsaturated/α-hetero) is 1. The molecule has 4 rings (SSSR count). The Labute approximate surface area is 191 Å². The SMILES string of the molecule is CCOc1cc([C@@H]2C(C(=O)c3ccc(Br)cc3)=C(C(=O)OC)Nc3nnnn32)ccc1O. The molecule has 1 atom stereocenters. The zero-order valence-corrected chi connectivity index (χ0v) is 18.7. The predicted octanol–water partition coefficient (Wildman–Crippen LogP) is 2.86. The summed E-state index contributed by atoms with van der Waals surface area (Å²) in [4.78, 5) is 26.3. The van der Waals surface area contributed by atoms with E-state index in [-0.39, 0.29) is 28.7 Å². The number of aromatic nitrogens is 4. The summed E-state index contributed by atoms with van der Waals surface area (Å²) < 4.78 is 12.6. The summed E-state index contributed by atoms with van der Waals surface area (Å²) in [7, 11) is 1.22. The molecule has 2 heterocycles. The number of tetrazole rings is 1. The van der Waals surface area contributed by atoms with Gasteiger partial charge in [0, 0.05) is 10.0 Å². The molecule has 1 aromatic heterocycles. The number of phenols is 1. The third-order valence-corrected chi connectivity index (χ3v) is 5.39. The number of benzene rings is 2. The van der Waals surface area contributed by atoms with Gasteiger partial charge in [0.05, 0.1) is 19.3 Å². The van der Waals surface area contributed by atoms with Crippen LogP contribution in [0.3, 0.4) is 0 Å². The number of carbonyl (C=O) groups is 2. The number of hydrogen-bond acceptors (Lipinski definition) is 9. The minimum Gasteiger partial charge on any atom is -0.504 e. The minimum atomic E-state index is -0.883. The molecule has 0 unspecified atom stereocenters. The zero-order valence-electron chi connectivity index (χ0n) is 17.1. The normalized spacial score (nSPS) is 15.0. The smallest absolute Gasteiger partial charge is 0.355 e. The molecular formula is C21H18BrN5O5. The molecule has 2 aromatic carbocycles. The Morgan fingerprint density at radius 2 is 1.97 bits per heavy atom. The molecule has 3 aromatic rings. The summed E-state index contributed by atoms with van der Waals surface area (Å²) in [5, 5.41) is 24.5. The van der Waals surface area contributed by atoms with Crippen molar-refractivity contribution < 1.29 is 24.2 Å². The topological polar surface area (TPSA) is 128 Å². The van der Waals surface area contributed by atoms with Crippen LogP contribution in [-0.2, 0) is 9.53 Å². The van der Waals surface area contributed by atoms with E-state index in [1.54, 1.807) is 43.3 Å². The third-order valence-electron chi connectivity index (χ3n) is 4.86. The summed E-state index contributed by atoms with van der Waals surface area (Å²) in [6.07, 6.45) is 0. The molecular weight excluding hydrogens is 482 g/mol. The number of nitrogens with zero attached hydrogens (tertiary/aromatic N) is 4. The Kier molecular flexibility index (Phi) is 5.91. The molecule has 1 aliphatic rings. The minimum absolute atomic E-state index is 0.0561. The van der Waals surface area contributed by atoms with E-state index in [0.717, 1.165) is 4.47 Å². The van der Waals surface area contributed by atoms with Gasteiger partial charge in [-0.15, -0.1) is 0 Å². The number of ketones is 1. The molecule has 0 fully saturated rings. The first-order chi connectivity index (χ1) is 15.4. The lowest BCUT2D eigenvalue weighted by atomic mass is 9.89. The van der Waals surface area contributed by atoms with Gasteiger partial charge in [-0.1, -0.05) is 27.1 Å². The fourth-order valence-electron chi connectivity index (χ4n) is 3.43. The number of aromatic hydroxyl groups is 1. The highest BCUT2D eigenvalue weighted by atomic mass is 79.9. The van der Waals surface area contributed by atoms with E-state index in [0.29, 0.717) is 17.7 Å². The Morgan fingerprint density at radius 3 is 2.66 bits per heavy atom. The van der Waals surface area contributed by atoms with E-state index in [9.17, 15) is 14.7 Å². The van der Waals surface area contributed by atoms with Crippen LogP contribution in [0.4, 0.5) is 5.95 Å². The summed E-state index contributed by atoms with van der Waals surface area (Å²) in [6, 6.07) is 10.5. The quantitative estimate of drug-likeness (QED) is 0.388. The van der Waals surface area contributed by atoms with E-state index >= 15 is 0 Å². The molecule has 32 heavy (non-hydrogen) atoms. The highest BCUT2D eigenvalue weighted by molar-refractivity contribution is 9.10. The third kappa shape index (κ3) is 3.82. The maximum absolute atomic E-state index is 13.7. The van der Waals surface area contributed by atoms with Gasteiger partial charge in [-0.2, -0.15) is 4.68 Å². The van der Waals surface area contributed by atoms with Crippen molar-refractivity contribution in [3.05, 3.63) is 69.3 Å². The van der Waals surface area contributed by atoms with Gasteiger partial charge in [0.15, 0.2) is 17.3 Å². The highest BCUT2D eigenvalue weighted by Gasteiger charge is 2.38. The first-order valence-electron chi connectivity index (χ1n) is 9.58. The molecule has 0 saturated carbocycles. The van der Waals surface area contributed by atoms with Crippen molar-refractivity contribution >= 4 is 33.6 Å². The highest BCUT2D eigenvalue weighted by Crippen LogP contribution is 2.39. The molecule has 0 radical (unpaired) electrons. The van der Waals surface area contributed by atoms with Crippen LogP contribution in [0.1, 0.15) is 28.9 Å². The lowest BCUT2D eigenvalue weighted by Gasteiger charge is -2.28. The number of esters is 1. The second kappa shape index (κ2) is 8.79. The fraction of sp³-hybridized carbons (Fsp3) is 0.190. The first-order valence-corrected chi connectivity index (χ1v) is 10.4. The number of nitrogens with one attached hydrogen (secondary N) is 1. The number of ether oxygens (including phenoxy) is 2. The van der Waals surface area contributed by atoms with Gasteiger partial charge < -0.3 is 19.9 Å². The van der Waals surface area contributed by atoms with Gasteiger partial charge in [0.1, 0.15) is 11.7 Å². The maximum atomic E-state index is 13.7. The molecule has 1 aliphatic heterocycles. The number of methoxy groups -OCH3 is 1. The van der Waals surface area contributed by atoms with E-state index in [4.69, 9.17) is 9.47 Å². The molecule has 164 valence electrons. The number of fused-ring (bicyclic) bond motifs is 1. The summed E-state index contributed by atoms with van der Waals surface area (Å²) in [5.41, 5.74) is 0.908. The van der Waals surface area contributed by atoms with Gasteiger partial charge in [0.2, 0.25) is 5.95 Å². The monoisotopic (exact) mass is 499 g/mol. The van der Waals surface area contributed by atoms with Crippen molar-refractivity contribution in [3.63, 3.8) is 0 Å². The van der Waals surface area contributed by atoms with Gasteiger partial charge in [-0.3, -0.25) is 4.79 Å². The van der Waals surface area contributed by atoms with Crippen LogP contribution < -0.4 is 10.1 Å². The summed E-state index contributed by atoms with van der Waals surface area (Å²) in [6.45, 7) is 2.11. The zero-order chi connectivity index (χ0) is 22.8. The van der Waals surface area contributed by atoms with Crippen LogP contribution in [-0.4, -0.2) is 50.8 Å². The standard InChI is InChI=1S/C21H18BrN5O5/c1-3-32-15-10-12(6-9-14(15)28)18-16(19(29)11-4-7-13(22)8-5-11)17(20(30)31-2)23-21-24-25-26-27(18)21/h4-10,18,28H,3H2,1-2H3,(H,23,24,26)/t18-/m1/s1. The van der Waals surface area contributed by atoms with Crippen LogP contribution >= 0.6 is 15.9 Å². The number of allylic oxidation sites excluding steroid dienone is 1. The molecule has 0 amide bonds. The second-order valence-electron chi connectivity index (χ2n) is 6.75. The van der Waals surface area contributed by atoms with Crippen LogP contribution in [0.2, 0.25) is 0 Å². The number of carbonyl (C=O) groups excluding carboxylic acids is 2. The lowest BCUT2D eigenvalue weighted by molar-refractivity contribution is -0.136. The number of phenolic OH excluding ortho intramolecular Hbond substituents is 1. The van der Waals surface area contributed by atoms with Crippen molar-refractivity contribution in [2.45, 2.75) is 13.0 Å². The van der Waals surface area contributed by atoms with Crippen molar-refractivity contribution in [2.24, 2.45) is 0 Å². The number of halogens is 1. The molecule has 10 nitrogen and oxygen atoms in total. The number of anilines is 1. The van der Waals surface area contributed by atoms with E-state index in [1.807, 2.05) is 0 Å². The summed E-state index contributed by atoms with van der Waals surface area (Å²) in [5.74, 6) is -0.822. The Morgan fingerprint density at radius 1 is 1.22 bits per heavy atom. The molecule has 2 N–H and O–H groups in total. The molecule has 11 heteroatoms. The van der Waals surface area contributed by atoms with E-state index in [1.165, 1.54) is 17.9 Å². The van der Waals surface area contributed by atoms with Crippen LogP contribution in [0.5, 0.6) is 11.5 Å². The molecule has 0 bridgehead atoms. The van der Waals surface area contributed by atoms with Crippen molar-refractivity contribution in [2.75, 3.05) is 19.0 Å². The fourth-order valence-corrected chi connectivity index (χ4v) is 3.69. The lowest BCUT2D eigenvalue weighted by Crippen LogP contribution is -2.33. The Balaban J connectivity index is 1.94. The van der Waals surface area contributed by atoms with Gasteiger partial charge in [-0.25, -0.2) is 4.79 Å². The van der Waals surface area contributed by atoms with Gasteiger partial charge in [-0.05, 0) is 59.3 Å². The predicted molar refractivity (Wildman–Crippen MR) is 116 cm³/mol. The van der Waals surface area contributed by atoms with Crippen molar-refractivity contribution in [1.82, 2.24) is 20.2 Å². The van der Waals surface area contributed by atoms with Gasteiger partial charge in [0.25, 0.3) is 0 Å². The number of hydrogen-bond donors (Lipinski definition) is 2. The van der Waals surface area contributed by atoms with Crippen LogP contribution in [0, 0.1) is 0 Å². The van der Waals surface area contributed by atoms with Crippen LogP contribution in [0.25, 0.3) is 0 Å². The van der Waals surface area contributed by atoms with E-state index in [2.05, 4.69) is 36.8 Å². The molecule has 0 aliphatic carbocycles. The van der Waals surface area contributed by atoms with E-state index < -0.39 is 17.8 Å². The van der Waals surface area contributed by atoms with Crippen LogP contribution in [0.15, 0.2) is 58.2 Å². The van der Waals surface area contributed by atoms with Gasteiger partial charge >= 0.3 is 5.97 Å². The number of rotatable bonds is 6. The average Bonchev–Trinajstić information content (AvgIpc) is 3.27.